The fraction of sp³-hybridized carbons (Fsp3) is 0.566. The molecule has 0 heterocycles. The lowest BCUT2D eigenvalue weighted by atomic mass is 10.1. The summed E-state index contributed by atoms with van der Waals surface area (Å²) >= 11 is 0. The Morgan fingerprint density at radius 3 is 1.54 bits per heavy atom. The molecule has 8 nitrogen and oxygen atoms in total. The van der Waals surface area contributed by atoms with Crippen molar-refractivity contribution in [2.24, 2.45) is 0 Å². The molecule has 8 heteroatoms. The number of carbonyl (C=O) groups is 3. The van der Waals surface area contributed by atoms with E-state index in [0.717, 1.165) is 77.0 Å². The maximum Gasteiger partial charge on any atom is 0.306 e. The summed E-state index contributed by atoms with van der Waals surface area (Å²) in [5.41, 5.74) is 0. The van der Waals surface area contributed by atoms with Gasteiger partial charge in [-0.3, -0.25) is 9.59 Å². The Morgan fingerprint density at radius 1 is 0.525 bits per heavy atom. The lowest BCUT2D eigenvalue weighted by Crippen LogP contribution is -2.55. The van der Waals surface area contributed by atoms with Gasteiger partial charge in [-0.25, -0.2) is 0 Å². The van der Waals surface area contributed by atoms with Crippen LogP contribution in [0.4, 0.5) is 0 Å². The highest BCUT2D eigenvalue weighted by Gasteiger charge is 2.25. The van der Waals surface area contributed by atoms with Crippen molar-refractivity contribution in [1.29, 1.82) is 0 Å². The summed E-state index contributed by atoms with van der Waals surface area (Å²) in [6.45, 7) is 4.37. The number of hydrogen-bond donors (Lipinski definition) is 0. The van der Waals surface area contributed by atoms with Crippen LogP contribution in [0.5, 0.6) is 0 Å². The second kappa shape index (κ2) is 42.4. The average Bonchev–Trinajstić information content (AvgIpc) is 3.22. The Bertz CT molecular complexity index is 1400. The van der Waals surface area contributed by atoms with Crippen LogP contribution in [0.2, 0.25) is 0 Å². The van der Waals surface area contributed by atoms with E-state index < -0.39 is 18.1 Å². The molecule has 0 aromatic heterocycles. The highest BCUT2D eigenvalue weighted by Crippen LogP contribution is 2.11. The Labute approximate surface area is 371 Å². The summed E-state index contributed by atoms with van der Waals surface area (Å²) < 4.78 is 17.1. The van der Waals surface area contributed by atoms with Crippen LogP contribution in [0, 0.1) is 0 Å². The van der Waals surface area contributed by atoms with E-state index in [4.69, 9.17) is 14.2 Å². The molecule has 0 aliphatic rings. The minimum atomic E-state index is -1.14. The summed E-state index contributed by atoms with van der Waals surface area (Å²) in [5, 5.41) is 11.6. The lowest BCUT2D eigenvalue weighted by molar-refractivity contribution is -0.889. The summed E-state index contributed by atoms with van der Waals surface area (Å²) in [6.07, 6.45) is 59.5. The number of aliphatic carboxylic acids is 1. The Balaban J connectivity index is 4.53. The van der Waals surface area contributed by atoms with Crippen molar-refractivity contribution >= 4 is 17.9 Å². The van der Waals surface area contributed by atoms with Gasteiger partial charge in [-0.15, -0.1) is 0 Å². The molecule has 0 bridgehead atoms. The number of carboxylic acids is 1. The van der Waals surface area contributed by atoms with Gasteiger partial charge in [-0.2, -0.15) is 0 Å². The molecule has 0 N–H and O–H groups in total. The molecule has 2 unspecified atom stereocenters. The molecule has 0 aromatic rings. The van der Waals surface area contributed by atoms with Crippen LogP contribution in [0.1, 0.15) is 142 Å². The molecule has 0 radical (unpaired) electrons. The monoisotopic (exact) mass is 846 g/mol. The first-order chi connectivity index (χ1) is 29.6. The van der Waals surface area contributed by atoms with Crippen LogP contribution in [-0.4, -0.2) is 75.5 Å². The predicted molar refractivity (Wildman–Crippen MR) is 254 cm³/mol. The van der Waals surface area contributed by atoms with E-state index in [0.29, 0.717) is 12.8 Å². The lowest BCUT2D eigenvalue weighted by Gasteiger charge is -2.34. The van der Waals surface area contributed by atoms with E-state index in [-0.39, 0.29) is 55.5 Å². The van der Waals surface area contributed by atoms with Gasteiger partial charge >= 0.3 is 11.9 Å². The van der Waals surface area contributed by atoms with Gasteiger partial charge < -0.3 is 28.6 Å². The van der Waals surface area contributed by atoms with Crippen LogP contribution < -0.4 is 5.11 Å². The normalized spacial score (nSPS) is 14.0. The maximum absolute atomic E-state index is 12.7. The second-order valence-corrected chi connectivity index (χ2v) is 16.0. The van der Waals surface area contributed by atoms with Gasteiger partial charge in [-0.05, 0) is 77.0 Å². The number of esters is 2. The second-order valence-electron chi connectivity index (χ2n) is 16.0. The molecule has 2 atom stereocenters. The third-order valence-electron chi connectivity index (χ3n) is 9.44. The molecule has 0 amide bonds. The standard InChI is InChI=1S/C53H83NO7/c1-6-8-10-12-14-16-18-20-22-24-26-28-29-31-33-35-37-39-41-43-51(55)60-48-49(47-59-46-45-50(53(57)58)54(3,4)5)61-52(56)44-42-40-38-36-34-32-30-27-25-23-21-19-17-15-13-11-9-7-2/h8,10,14-17,19-23,25-28,30-31,33,37,39,49-50H,6-7,9,11-13,18,24,29,32,34-36,38,40-48H2,1-5H3/b10-8+,16-14+,17-15+,21-19+,22-20+,25-23+,28-26+,30-27+,33-31+,39-37+. The number of carbonyl (C=O) groups excluding carboxylic acids is 3. The Kier molecular flexibility index (Phi) is 39.5. The molecule has 342 valence electrons. The van der Waals surface area contributed by atoms with Crippen LogP contribution >= 0.6 is 0 Å². The average molecular weight is 846 g/mol. The molecular weight excluding hydrogens is 763 g/mol. The number of quaternary nitrogens is 1. The molecule has 0 aromatic carbocycles. The van der Waals surface area contributed by atoms with Crippen molar-refractivity contribution in [3.63, 3.8) is 0 Å². The number of carboxylic acid groups (broad SMARTS) is 1. The van der Waals surface area contributed by atoms with Gasteiger partial charge in [0.2, 0.25) is 0 Å². The van der Waals surface area contributed by atoms with Crippen molar-refractivity contribution < 1.29 is 38.2 Å². The largest absolute Gasteiger partial charge is 0.544 e. The molecule has 0 fully saturated rings. The molecule has 0 aliphatic carbocycles. The highest BCUT2D eigenvalue weighted by atomic mass is 16.6. The topological polar surface area (TPSA) is 102 Å². The smallest absolute Gasteiger partial charge is 0.306 e. The van der Waals surface area contributed by atoms with Gasteiger partial charge in [0.25, 0.3) is 0 Å². The van der Waals surface area contributed by atoms with Crippen LogP contribution in [0.15, 0.2) is 122 Å². The van der Waals surface area contributed by atoms with Crippen molar-refractivity contribution in [1.82, 2.24) is 0 Å². The highest BCUT2D eigenvalue weighted by molar-refractivity contribution is 5.70. The molecule has 0 spiro atoms. The van der Waals surface area contributed by atoms with E-state index in [9.17, 15) is 19.5 Å². The SMILES string of the molecule is CC/C=C/C/C=C/C/C=C/C/C=C/C/C=C/C/C=C/CCC(=O)OCC(COCCC(C(=O)[O-])[N+](C)(C)C)OC(=O)CCCCCCC/C=C/C=C/C=C/C=C/CCCCC. The van der Waals surface area contributed by atoms with Gasteiger partial charge in [0.05, 0.1) is 40.3 Å². The van der Waals surface area contributed by atoms with Crippen molar-refractivity contribution in [3.05, 3.63) is 122 Å². The molecule has 0 rings (SSSR count). The zero-order chi connectivity index (χ0) is 44.9. The fourth-order valence-electron chi connectivity index (χ4n) is 5.87. The summed E-state index contributed by atoms with van der Waals surface area (Å²) in [7, 11) is 5.36. The predicted octanol–water partition coefficient (Wildman–Crippen LogP) is 11.7. The molecule has 61 heavy (non-hydrogen) atoms. The summed E-state index contributed by atoms with van der Waals surface area (Å²) in [5.74, 6) is -1.89. The Hall–Kier alpha value is -4.27. The zero-order valence-electron chi connectivity index (χ0n) is 38.8. The van der Waals surface area contributed by atoms with E-state index in [1.54, 1.807) is 21.1 Å². The fourth-order valence-corrected chi connectivity index (χ4v) is 5.87. The van der Waals surface area contributed by atoms with E-state index in [1.807, 2.05) is 24.3 Å². The Morgan fingerprint density at radius 2 is 1.02 bits per heavy atom. The van der Waals surface area contributed by atoms with Crippen LogP contribution in [-0.2, 0) is 28.6 Å². The van der Waals surface area contributed by atoms with Gasteiger partial charge in [0.1, 0.15) is 12.6 Å². The first-order valence-electron chi connectivity index (χ1n) is 23.1. The number of unbranched alkanes of at least 4 members (excludes halogenated alkanes) is 8. The molecular formula is C53H83NO7. The van der Waals surface area contributed by atoms with Crippen molar-refractivity contribution in [3.8, 4) is 0 Å². The van der Waals surface area contributed by atoms with Crippen LogP contribution in [0.3, 0.4) is 0 Å². The van der Waals surface area contributed by atoms with E-state index in [1.165, 1.54) is 19.3 Å². The number of likely N-dealkylation sites (N-methyl/N-ethyl adjacent to an activating group) is 1. The number of ether oxygens (including phenoxy) is 3. The first-order valence-corrected chi connectivity index (χ1v) is 23.1. The zero-order valence-corrected chi connectivity index (χ0v) is 38.8. The summed E-state index contributed by atoms with van der Waals surface area (Å²) in [6, 6.07) is -0.750. The van der Waals surface area contributed by atoms with E-state index in [2.05, 4.69) is 111 Å². The number of nitrogens with zero attached hydrogens (tertiary/aromatic N) is 1. The number of hydrogen-bond acceptors (Lipinski definition) is 7. The van der Waals surface area contributed by atoms with Gasteiger partial charge in [0.15, 0.2) is 6.10 Å². The van der Waals surface area contributed by atoms with Gasteiger partial charge in [-0.1, -0.05) is 167 Å². The third-order valence-corrected chi connectivity index (χ3v) is 9.44. The minimum Gasteiger partial charge on any atom is -0.544 e. The molecule has 0 aliphatic heterocycles. The third kappa shape index (κ3) is 40.9. The molecule has 0 saturated heterocycles. The van der Waals surface area contributed by atoms with Gasteiger partial charge in [0, 0.05) is 19.3 Å². The first kappa shape index (κ1) is 56.7. The molecule has 0 saturated carbocycles. The summed E-state index contributed by atoms with van der Waals surface area (Å²) in [4.78, 5) is 36.9. The minimum absolute atomic E-state index is 0.00174. The quantitative estimate of drug-likeness (QED) is 0.0200. The van der Waals surface area contributed by atoms with Crippen molar-refractivity contribution in [2.75, 3.05) is 41.0 Å². The van der Waals surface area contributed by atoms with E-state index >= 15 is 0 Å². The number of rotatable bonds is 39. The number of allylic oxidation sites excluding steroid dienone is 20. The van der Waals surface area contributed by atoms with Crippen molar-refractivity contribution in [2.45, 2.75) is 154 Å². The van der Waals surface area contributed by atoms with Crippen LogP contribution in [0.25, 0.3) is 0 Å². The maximum atomic E-state index is 12.7.